The lowest BCUT2D eigenvalue weighted by molar-refractivity contribution is -0.386. The molecule has 98 valence electrons. The molecule has 1 aliphatic carbocycles. The van der Waals surface area contributed by atoms with Gasteiger partial charge >= 0.3 is 5.69 Å². The summed E-state index contributed by atoms with van der Waals surface area (Å²) in [6.45, 7) is 3.40. The maximum atomic E-state index is 12.0. The summed E-state index contributed by atoms with van der Waals surface area (Å²) < 4.78 is 1.47. The van der Waals surface area contributed by atoms with E-state index in [-0.39, 0.29) is 23.9 Å². The molecule has 1 aromatic heterocycles. The predicted molar refractivity (Wildman–Crippen MR) is 65.3 cm³/mol. The van der Waals surface area contributed by atoms with Gasteiger partial charge in [0.1, 0.15) is 17.9 Å². The minimum atomic E-state index is -0.436. The van der Waals surface area contributed by atoms with Crippen LogP contribution in [0.25, 0.3) is 0 Å². The number of aromatic nitrogens is 2. The Balaban J connectivity index is 2.17. The van der Waals surface area contributed by atoms with Gasteiger partial charge in [-0.3, -0.25) is 19.6 Å². The minimum Gasteiger partial charge on any atom is -0.297 e. The fraction of sp³-hybridized carbons (Fsp3) is 0.667. The SMILES string of the molecule is Cc1nn(CC(=O)C2CCCC2)c(C)c1[N+](=O)[O-]. The van der Waals surface area contributed by atoms with E-state index in [0.29, 0.717) is 11.4 Å². The molecule has 1 fully saturated rings. The van der Waals surface area contributed by atoms with Crippen LogP contribution in [0.1, 0.15) is 37.1 Å². The van der Waals surface area contributed by atoms with Gasteiger partial charge in [0.05, 0.1) is 4.92 Å². The zero-order valence-electron chi connectivity index (χ0n) is 10.7. The highest BCUT2D eigenvalue weighted by Gasteiger charge is 2.26. The topological polar surface area (TPSA) is 78.0 Å². The Hall–Kier alpha value is -1.72. The summed E-state index contributed by atoms with van der Waals surface area (Å²) in [5.74, 6) is 0.265. The van der Waals surface area contributed by atoms with Crippen molar-refractivity contribution in [3.63, 3.8) is 0 Å². The van der Waals surface area contributed by atoms with Crippen molar-refractivity contribution in [3.8, 4) is 0 Å². The molecule has 0 saturated heterocycles. The first-order valence-electron chi connectivity index (χ1n) is 6.22. The van der Waals surface area contributed by atoms with Crippen LogP contribution in [0, 0.1) is 29.9 Å². The van der Waals surface area contributed by atoms with Crippen molar-refractivity contribution < 1.29 is 9.72 Å². The molecule has 0 aliphatic heterocycles. The summed E-state index contributed by atoms with van der Waals surface area (Å²) in [6, 6.07) is 0. The number of nitrogens with zero attached hydrogens (tertiary/aromatic N) is 3. The van der Waals surface area contributed by atoms with Crippen molar-refractivity contribution in [2.24, 2.45) is 5.92 Å². The van der Waals surface area contributed by atoms with Crippen molar-refractivity contribution in [3.05, 3.63) is 21.5 Å². The van der Waals surface area contributed by atoms with Gasteiger partial charge in [-0.1, -0.05) is 12.8 Å². The average Bonchev–Trinajstić information content (AvgIpc) is 2.88. The molecule has 1 aromatic rings. The fourth-order valence-corrected chi connectivity index (χ4v) is 2.63. The Morgan fingerprint density at radius 2 is 2.06 bits per heavy atom. The second-order valence-electron chi connectivity index (χ2n) is 4.88. The van der Waals surface area contributed by atoms with Crippen molar-refractivity contribution in [2.75, 3.05) is 0 Å². The number of hydrogen-bond acceptors (Lipinski definition) is 4. The van der Waals surface area contributed by atoms with Crippen LogP contribution in [0.15, 0.2) is 0 Å². The summed E-state index contributed by atoms with van der Waals surface area (Å²) >= 11 is 0. The van der Waals surface area contributed by atoms with Gasteiger partial charge in [-0.15, -0.1) is 0 Å². The zero-order chi connectivity index (χ0) is 13.3. The summed E-state index contributed by atoms with van der Waals surface area (Å²) in [5.41, 5.74) is 0.856. The van der Waals surface area contributed by atoms with E-state index in [1.54, 1.807) is 13.8 Å². The van der Waals surface area contributed by atoms with Gasteiger partial charge in [0.25, 0.3) is 0 Å². The van der Waals surface area contributed by atoms with Gasteiger partial charge in [0.15, 0.2) is 5.78 Å². The first kappa shape index (κ1) is 12.7. The molecule has 0 spiro atoms. The molecule has 0 N–H and O–H groups in total. The number of ketones is 1. The summed E-state index contributed by atoms with van der Waals surface area (Å²) in [6.07, 6.45) is 4.10. The number of aryl methyl sites for hydroxylation is 1. The van der Waals surface area contributed by atoms with Gasteiger partial charge in [-0.05, 0) is 26.7 Å². The standard InChI is InChI=1S/C12H17N3O3/c1-8-12(15(17)18)9(2)14(13-8)7-11(16)10-5-3-4-6-10/h10H,3-7H2,1-2H3. The molecule has 18 heavy (non-hydrogen) atoms. The minimum absolute atomic E-state index is 0.0224. The lowest BCUT2D eigenvalue weighted by atomic mass is 10.0. The molecule has 1 saturated carbocycles. The predicted octanol–water partition coefficient (Wildman–Crippen LogP) is 2.17. The van der Waals surface area contributed by atoms with E-state index in [2.05, 4.69) is 5.10 Å². The van der Waals surface area contributed by atoms with Crippen LogP contribution < -0.4 is 0 Å². The largest absolute Gasteiger partial charge is 0.312 e. The maximum absolute atomic E-state index is 12.0. The van der Waals surface area contributed by atoms with E-state index in [1.807, 2.05) is 0 Å². The summed E-state index contributed by atoms with van der Waals surface area (Å²) in [5, 5.41) is 15.0. The van der Waals surface area contributed by atoms with Crippen LogP contribution in [0.4, 0.5) is 5.69 Å². The third-order valence-corrected chi connectivity index (χ3v) is 3.64. The Bertz CT molecular complexity index is 487. The monoisotopic (exact) mass is 251 g/mol. The first-order valence-corrected chi connectivity index (χ1v) is 6.22. The number of carbonyl (C=O) groups is 1. The van der Waals surface area contributed by atoms with Gasteiger partial charge in [0.2, 0.25) is 0 Å². The molecular weight excluding hydrogens is 234 g/mol. The lowest BCUT2D eigenvalue weighted by Gasteiger charge is -2.08. The normalized spacial score (nSPS) is 16.1. The highest BCUT2D eigenvalue weighted by Crippen LogP contribution is 2.27. The fourth-order valence-electron chi connectivity index (χ4n) is 2.63. The van der Waals surface area contributed by atoms with E-state index in [0.717, 1.165) is 25.7 Å². The molecule has 0 radical (unpaired) electrons. The molecule has 1 heterocycles. The molecule has 1 aliphatic rings. The van der Waals surface area contributed by atoms with Gasteiger partial charge in [-0.25, -0.2) is 0 Å². The zero-order valence-corrected chi connectivity index (χ0v) is 10.7. The molecule has 0 aromatic carbocycles. The Morgan fingerprint density at radius 3 is 2.56 bits per heavy atom. The molecule has 6 nitrogen and oxygen atoms in total. The van der Waals surface area contributed by atoms with Crippen molar-refractivity contribution >= 4 is 11.5 Å². The Kier molecular flexibility index (Phi) is 3.45. The smallest absolute Gasteiger partial charge is 0.297 e. The van der Waals surface area contributed by atoms with Crippen LogP contribution in [-0.4, -0.2) is 20.5 Å². The number of hydrogen-bond donors (Lipinski definition) is 0. The van der Waals surface area contributed by atoms with Gasteiger partial charge in [-0.2, -0.15) is 5.10 Å². The average molecular weight is 251 g/mol. The number of carbonyl (C=O) groups excluding carboxylic acids is 1. The van der Waals surface area contributed by atoms with E-state index in [1.165, 1.54) is 4.68 Å². The molecule has 0 unspecified atom stereocenters. The van der Waals surface area contributed by atoms with Crippen molar-refractivity contribution in [1.29, 1.82) is 0 Å². The lowest BCUT2D eigenvalue weighted by Crippen LogP contribution is -2.19. The van der Waals surface area contributed by atoms with Crippen LogP contribution >= 0.6 is 0 Å². The van der Waals surface area contributed by atoms with E-state index in [9.17, 15) is 14.9 Å². The molecule has 2 rings (SSSR count). The molecular formula is C12H17N3O3. The van der Waals surface area contributed by atoms with E-state index < -0.39 is 4.92 Å². The van der Waals surface area contributed by atoms with Crippen molar-refractivity contribution in [2.45, 2.75) is 46.1 Å². The number of nitro groups is 1. The third-order valence-electron chi connectivity index (χ3n) is 3.64. The maximum Gasteiger partial charge on any atom is 0.312 e. The van der Waals surface area contributed by atoms with Crippen LogP contribution in [0.5, 0.6) is 0 Å². The second kappa shape index (κ2) is 4.88. The first-order chi connectivity index (χ1) is 8.50. The molecule has 0 amide bonds. The molecule has 6 heteroatoms. The summed E-state index contributed by atoms with van der Waals surface area (Å²) in [4.78, 5) is 22.5. The van der Waals surface area contributed by atoms with Crippen LogP contribution in [0.3, 0.4) is 0 Å². The Labute approximate surface area is 105 Å². The number of Topliss-reactive ketones (excluding diaryl/α,β-unsaturated/α-hetero) is 1. The van der Waals surface area contributed by atoms with Crippen molar-refractivity contribution in [1.82, 2.24) is 9.78 Å². The second-order valence-corrected chi connectivity index (χ2v) is 4.88. The molecule has 0 atom stereocenters. The van der Waals surface area contributed by atoms with E-state index >= 15 is 0 Å². The van der Waals surface area contributed by atoms with Crippen LogP contribution in [-0.2, 0) is 11.3 Å². The quantitative estimate of drug-likeness (QED) is 0.606. The summed E-state index contributed by atoms with van der Waals surface area (Å²) in [7, 11) is 0. The number of rotatable bonds is 4. The molecule has 0 bridgehead atoms. The Morgan fingerprint density at radius 1 is 1.44 bits per heavy atom. The third kappa shape index (κ3) is 2.27. The highest BCUT2D eigenvalue weighted by atomic mass is 16.6. The van der Waals surface area contributed by atoms with E-state index in [4.69, 9.17) is 0 Å². The highest BCUT2D eigenvalue weighted by molar-refractivity contribution is 5.81. The van der Waals surface area contributed by atoms with Gasteiger partial charge < -0.3 is 0 Å². The van der Waals surface area contributed by atoms with Gasteiger partial charge in [0, 0.05) is 5.92 Å². The van der Waals surface area contributed by atoms with Crippen LogP contribution in [0.2, 0.25) is 0 Å².